The average molecular weight is 266 g/mol. The van der Waals surface area contributed by atoms with E-state index in [1.165, 1.54) is 0 Å². The van der Waals surface area contributed by atoms with Crippen LogP contribution in [0.1, 0.15) is 6.92 Å². The van der Waals surface area contributed by atoms with Crippen molar-refractivity contribution in [3.8, 4) is 0 Å². The van der Waals surface area contributed by atoms with Gasteiger partial charge in [-0.05, 0) is 28.9 Å². The van der Waals surface area contributed by atoms with E-state index in [2.05, 4.69) is 26.2 Å². The van der Waals surface area contributed by atoms with E-state index >= 15 is 0 Å². The Bertz CT molecular complexity index is 293. The molecule has 5 heteroatoms. The van der Waals surface area contributed by atoms with Gasteiger partial charge in [0.2, 0.25) is 0 Å². The summed E-state index contributed by atoms with van der Waals surface area (Å²) in [5.74, 6) is 0.589. The molecule has 0 bridgehead atoms. The molecule has 0 aromatic carbocycles. The first-order valence-corrected chi connectivity index (χ1v) is 4.99. The van der Waals surface area contributed by atoms with E-state index in [-0.39, 0.29) is 0 Å². The number of hydrogen-bond donors (Lipinski definition) is 2. The van der Waals surface area contributed by atoms with Crippen molar-refractivity contribution < 1.29 is 5.11 Å². The van der Waals surface area contributed by atoms with Gasteiger partial charge in [0.15, 0.2) is 0 Å². The maximum atomic E-state index is 9.02. The largest absolute Gasteiger partial charge is 0.392 e. The number of pyridine rings is 1. The molecule has 1 heterocycles. The predicted octanol–water partition coefficient (Wildman–Crippen LogP) is 2.29. The van der Waals surface area contributed by atoms with Crippen LogP contribution in [0.3, 0.4) is 0 Å². The number of aromatic nitrogens is 1. The Morgan fingerprint density at radius 1 is 1.77 bits per heavy atom. The summed E-state index contributed by atoms with van der Waals surface area (Å²) in [4.78, 5) is 4.05. The molecule has 1 aromatic heterocycles. The Balaban J connectivity index is 2.67. The molecule has 1 rings (SSSR count). The van der Waals surface area contributed by atoms with Gasteiger partial charge in [0.25, 0.3) is 0 Å². The second kappa shape index (κ2) is 4.79. The van der Waals surface area contributed by atoms with Crippen LogP contribution in [-0.2, 0) is 0 Å². The summed E-state index contributed by atoms with van der Waals surface area (Å²) in [5, 5.41) is 12.5. The molecule has 3 nitrogen and oxygen atoms in total. The van der Waals surface area contributed by atoms with Gasteiger partial charge in [0, 0.05) is 17.2 Å². The first-order chi connectivity index (χ1) is 6.09. The minimum absolute atomic E-state index is 0.415. The van der Waals surface area contributed by atoms with Crippen molar-refractivity contribution in [1.82, 2.24) is 4.98 Å². The fourth-order valence-electron chi connectivity index (χ4n) is 0.789. The summed E-state index contributed by atoms with van der Waals surface area (Å²) in [7, 11) is 0. The minimum Gasteiger partial charge on any atom is -0.392 e. The number of rotatable bonds is 3. The Kier molecular flexibility index (Phi) is 3.96. The van der Waals surface area contributed by atoms with Crippen LogP contribution in [0, 0.1) is 0 Å². The highest BCUT2D eigenvalue weighted by Crippen LogP contribution is 2.22. The highest BCUT2D eigenvalue weighted by Gasteiger charge is 2.02. The highest BCUT2D eigenvalue weighted by molar-refractivity contribution is 9.10. The van der Waals surface area contributed by atoms with Gasteiger partial charge in [0.1, 0.15) is 5.82 Å². The molecule has 0 spiro atoms. The molecule has 1 aromatic rings. The molecule has 0 saturated carbocycles. The van der Waals surface area contributed by atoms with Crippen LogP contribution in [0.4, 0.5) is 5.82 Å². The first-order valence-electron chi connectivity index (χ1n) is 3.82. The summed E-state index contributed by atoms with van der Waals surface area (Å²) in [6, 6.07) is 1.75. The Hall–Kier alpha value is -0.320. The van der Waals surface area contributed by atoms with Gasteiger partial charge in [-0.3, -0.25) is 0 Å². The van der Waals surface area contributed by atoms with E-state index in [4.69, 9.17) is 16.7 Å². The zero-order valence-electron chi connectivity index (χ0n) is 7.09. The zero-order chi connectivity index (χ0) is 9.84. The van der Waals surface area contributed by atoms with E-state index in [1.807, 2.05) is 0 Å². The second-order valence-corrected chi connectivity index (χ2v) is 4.04. The molecule has 2 N–H and O–H groups in total. The second-order valence-electron chi connectivity index (χ2n) is 2.71. The third-order valence-electron chi connectivity index (χ3n) is 1.37. The lowest BCUT2D eigenvalue weighted by atomic mass is 10.4. The molecule has 13 heavy (non-hydrogen) atoms. The summed E-state index contributed by atoms with van der Waals surface area (Å²) in [6.45, 7) is 2.13. The number of nitrogens with one attached hydrogen (secondary N) is 1. The molecule has 0 amide bonds. The minimum atomic E-state index is -0.415. The number of nitrogens with zero attached hydrogens (tertiary/aromatic N) is 1. The molecular formula is C8H10BrClN2O. The molecule has 0 saturated heterocycles. The number of aliphatic hydroxyl groups excluding tert-OH is 1. The van der Waals surface area contributed by atoms with E-state index in [0.717, 1.165) is 4.47 Å². The fourth-order valence-corrected chi connectivity index (χ4v) is 1.49. The third-order valence-corrected chi connectivity index (χ3v) is 2.09. The van der Waals surface area contributed by atoms with Crippen LogP contribution < -0.4 is 5.32 Å². The molecule has 0 aliphatic carbocycles. The fraction of sp³-hybridized carbons (Fsp3) is 0.375. The highest BCUT2D eigenvalue weighted by atomic mass is 79.9. The summed E-state index contributed by atoms with van der Waals surface area (Å²) in [5.41, 5.74) is 0. The van der Waals surface area contributed by atoms with Crippen LogP contribution in [0.25, 0.3) is 0 Å². The van der Waals surface area contributed by atoms with Gasteiger partial charge >= 0.3 is 0 Å². The first kappa shape index (κ1) is 10.8. The van der Waals surface area contributed by atoms with Gasteiger partial charge < -0.3 is 10.4 Å². The van der Waals surface area contributed by atoms with Crippen molar-refractivity contribution in [3.05, 3.63) is 21.8 Å². The zero-order valence-corrected chi connectivity index (χ0v) is 9.43. The van der Waals surface area contributed by atoms with E-state index < -0.39 is 6.10 Å². The van der Waals surface area contributed by atoms with Crippen LogP contribution in [0.5, 0.6) is 0 Å². The Morgan fingerprint density at radius 2 is 2.46 bits per heavy atom. The number of anilines is 1. The van der Waals surface area contributed by atoms with Crippen LogP contribution in [0.2, 0.25) is 5.02 Å². The van der Waals surface area contributed by atoms with Crippen molar-refractivity contribution >= 4 is 33.3 Å². The summed E-state index contributed by atoms with van der Waals surface area (Å²) >= 11 is 9.13. The lowest BCUT2D eigenvalue weighted by Crippen LogP contribution is -2.16. The predicted molar refractivity (Wildman–Crippen MR) is 57.1 cm³/mol. The Labute approximate surface area is 90.3 Å². The smallest absolute Gasteiger partial charge is 0.144 e. The van der Waals surface area contributed by atoms with Crippen LogP contribution in [-0.4, -0.2) is 22.7 Å². The van der Waals surface area contributed by atoms with E-state index in [1.54, 1.807) is 19.2 Å². The molecular weight excluding hydrogens is 255 g/mol. The monoisotopic (exact) mass is 264 g/mol. The number of aliphatic hydroxyl groups is 1. The molecule has 1 atom stereocenters. The Morgan fingerprint density at radius 3 is 3.00 bits per heavy atom. The van der Waals surface area contributed by atoms with E-state index in [9.17, 15) is 0 Å². The van der Waals surface area contributed by atoms with Gasteiger partial charge in [-0.1, -0.05) is 11.6 Å². The maximum absolute atomic E-state index is 9.02. The lowest BCUT2D eigenvalue weighted by Gasteiger charge is -2.08. The summed E-state index contributed by atoms with van der Waals surface area (Å²) < 4.78 is 0.833. The molecule has 0 fully saturated rings. The maximum Gasteiger partial charge on any atom is 0.144 e. The van der Waals surface area contributed by atoms with Crippen molar-refractivity contribution in [2.24, 2.45) is 0 Å². The van der Waals surface area contributed by atoms with Gasteiger partial charge in [0.05, 0.1) is 11.1 Å². The molecule has 0 aliphatic rings. The van der Waals surface area contributed by atoms with Crippen molar-refractivity contribution in [2.45, 2.75) is 13.0 Å². The number of halogens is 2. The SMILES string of the molecule is CC(O)CNc1ncc(Br)cc1Cl. The molecule has 72 valence electrons. The summed E-state index contributed by atoms with van der Waals surface area (Å²) in [6.07, 6.45) is 1.23. The van der Waals surface area contributed by atoms with Crippen LogP contribution >= 0.6 is 27.5 Å². The van der Waals surface area contributed by atoms with Crippen molar-refractivity contribution in [3.63, 3.8) is 0 Å². The van der Waals surface area contributed by atoms with Crippen molar-refractivity contribution in [2.75, 3.05) is 11.9 Å². The standard InChI is InChI=1S/C8H10BrClN2O/c1-5(13)3-11-8-7(10)2-6(9)4-12-8/h2,4-5,13H,3H2,1H3,(H,11,12). The molecule has 0 radical (unpaired) electrons. The van der Waals surface area contributed by atoms with E-state index in [0.29, 0.717) is 17.4 Å². The average Bonchev–Trinajstić information content (AvgIpc) is 2.02. The third kappa shape index (κ3) is 3.50. The van der Waals surface area contributed by atoms with Gasteiger partial charge in [-0.15, -0.1) is 0 Å². The van der Waals surface area contributed by atoms with Crippen molar-refractivity contribution in [1.29, 1.82) is 0 Å². The quantitative estimate of drug-likeness (QED) is 0.881. The van der Waals surface area contributed by atoms with Gasteiger partial charge in [-0.2, -0.15) is 0 Å². The topological polar surface area (TPSA) is 45.1 Å². The lowest BCUT2D eigenvalue weighted by molar-refractivity contribution is 0.208. The number of hydrogen-bond acceptors (Lipinski definition) is 3. The molecule has 0 aliphatic heterocycles. The molecule has 1 unspecified atom stereocenters. The van der Waals surface area contributed by atoms with Crippen LogP contribution in [0.15, 0.2) is 16.7 Å². The van der Waals surface area contributed by atoms with Gasteiger partial charge in [-0.25, -0.2) is 4.98 Å². The normalized spacial score (nSPS) is 12.6.